The zero-order valence-corrected chi connectivity index (χ0v) is 20.5. The summed E-state index contributed by atoms with van der Waals surface area (Å²) < 4.78 is 44.4. The quantitative estimate of drug-likeness (QED) is 0.531. The third-order valence-corrected chi connectivity index (χ3v) is 6.88. The van der Waals surface area contributed by atoms with Gasteiger partial charge >= 0.3 is 6.18 Å². The fraction of sp³-hybridized carbons (Fsp3) is 0.571. The number of ether oxygens (including phenoxy) is 1. The SMILES string of the molecule is CC(COC1CCN(C2CCN(c3ncc(C(F)(F)F)cn3)CC2)C1=O)Nc1cn[nH]c(=O)c1Br. The Hall–Kier alpha value is -2.74. The molecular weight excluding hydrogens is 535 g/mol. The number of aromatic nitrogens is 4. The van der Waals surface area contributed by atoms with E-state index in [-0.39, 0.29) is 36.1 Å². The summed E-state index contributed by atoms with van der Waals surface area (Å²) in [6, 6.07) is -0.126. The Morgan fingerprint density at radius 3 is 2.51 bits per heavy atom. The van der Waals surface area contributed by atoms with Crippen LogP contribution in [0.2, 0.25) is 0 Å². The van der Waals surface area contributed by atoms with Crippen LogP contribution in [-0.2, 0) is 15.7 Å². The van der Waals surface area contributed by atoms with Crippen molar-refractivity contribution in [1.82, 2.24) is 25.1 Å². The van der Waals surface area contributed by atoms with E-state index in [1.807, 2.05) is 16.7 Å². The van der Waals surface area contributed by atoms with E-state index in [4.69, 9.17) is 4.74 Å². The fourth-order valence-electron chi connectivity index (χ4n) is 4.25. The Morgan fingerprint density at radius 1 is 1.17 bits per heavy atom. The first kappa shape index (κ1) is 25.4. The van der Waals surface area contributed by atoms with Crippen molar-refractivity contribution in [1.29, 1.82) is 0 Å². The van der Waals surface area contributed by atoms with Crippen molar-refractivity contribution in [3.05, 3.63) is 39.0 Å². The first-order valence-corrected chi connectivity index (χ1v) is 12.0. The molecule has 2 aromatic heterocycles. The summed E-state index contributed by atoms with van der Waals surface area (Å²) in [5.41, 5.74) is -0.690. The van der Waals surface area contributed by atoms with Gasteiger partial charge in [0.1, 0.15) is 10.6 Å². The molecule has 0 aromatic carbocycles. The highest BCUT2D eigenvalue weighted by molar-refractivity contribution is 9.10. The van der Waals surface area contributed by atoms with Crippen LogP contribution in [0.4, 0.5) is 24.8 Å². The lowest BCUT2D eigenvalue weighted by Crippen LogP contribution is -2.47. The van der Waals surface area contributed by atoms with Crippen LogP contribution >= 0.6 is 15.9 Å². The number of hydrogen-bond donors (Lipinski definition) is 2. The number of hydrogen-bond acceptors (Lipinski definition) is 8. The van der Waals surface area contributed by atoms with E-state index in [9.17, 15) is 22.8 Å². The topological polar surface area (TPSA) is 116 Å². The van der Waals surface area contributed by atoms with Crippen LogP contribution in [0.3, 0.4) is 0 Å². The Kier molecular flexibility index (Phi) is 7.59. The average Bonchev–Trinajstić information content (AvgIpc) is 3.20. The van der Waals surface area contributed by atoms with Gasteiger partial charge in [-0.1, -0.05) is 0 Å². The number of amides is 1. The molecule has 4 rings (SSSR count). The number of piperidine rings is 1. The van der Waals surface area contributed by atoms with Crippen molar-refractivity contribution in [2.45, 2.75) is 50.6 Å². The number of anilines is 2. The summed E-state index contributed by atoms with van der Waals surface area (Å²) in [6.07, 6.45) is 0.00719. The number of likely N-dealkylation sites (tertiary alicyclic amines) is 1. The highest BCUT2D eigenvalue weighted by Crippen LogP contribution is 2.29. The molecule has 0 bridgehead atoms. The van der Waals surface area contributed by atoms with E-state index in [2.05, 4.69) is 41.4 Å². The summed E-state index contributed by atoms with van der Waals surface area (Å²) in [4.78, 5) is 36.0. The summed E-state index contributed by atoms with van der Waals surface area (Å²) in [7, 11) is 0. The van der Waals surface area contributed by atoms with Crippen LogP contribution in [0.5, 0.6) is 0 Å². The van der Waals surface area contributed by atoms with E-state index in [0.29, 0.717) is 49.1 Å². The van der Waals surface area contributed by atoms with E-state index in [0.717, 1.165) is 12.4 Å². The minimum atomic E-state index is -4.47. The number of H-pyrrole nitrogens is 1. The maximum absolute atomic E-state index is 12.9. The molecule has 2 aliphatic rings. The number of carbonyl (C=O) groups excluding carboxylic acids is 1. The molecule has 35 heavy (non-hydrogen) atoms. The lowest BCUT2D eigenvalue weighted by Gasteiger charge is -2.36. The molecule has 2 saturated heterocycles. The molecule has 2 N–H and O–H groups in total. The van der Waals surface area contributed by atoms with Gasteiger partial charge in [0.2, 0.25) is 5.95 Å². The molecule has 0 saturated carbocycles. The van der Waals surface area contributed by atoms with Crippen molar-refractivity contribution in [2.24, 2.45) is 0 Å². The standard InChI is InChI=1S/C21H25BrF3N7O3/c1-12(29-15-10-28-30-18(33)17(15)22)11-35-16-4-7-32(19(16)34)14-2-5-31(6-3-14)20-26-8-13(9-27-20)21(23,24)25/h8-10,12,14,16H,2-7,11H2,1H3,(H2,29,30,33). The molecular formula is C21H25BrF3N7O3. The summed E-state index contributed by atoms with van der Waals surface area (Å²) >= 11 is 3.21. The van der Waals surface area contributed by atoms with Crippen molar-refractivity contribution in [3.8, 4) is 0 Å². The molecule has 0 aliphatic carbocycles. The van der Waals surface area contributed by atoms with Gasteiger partial charge in [-0.15, -0.1) is 0 Å². The first-order chi connectivity index (χ1) is 16.6. The van der Waals surface area contributed by atoms with Gasteiger partial charge in [0, 0.05) is 50.5 Å². The second kappa shape index (κ2) is 10.5. The van der Waals surface area contributed by atoms with Gasteiger partial charge in [0.05, 0.1) is 24.1 Å². The molecule has 2 fully saturated rings. The molecule has 14 heteroatoms. The number of rotatable bonds is 7. The van der Waals surface area contributed by atoms with Crippen molar-refractivity contribution < 1.29 is 22.7 Å². The lowest BCUT2D eigenvalue weighted by atomic mass is 10.0. The summed E-state index contributed by atoms with van der Waals surface area (Å²) in [6.45, 7) is 3.84. The first-order valence-electron chi connectivity index (χ1n) is 11.2. The lowest BCUT2D eigenvalue weighted by molar-refractivity contribution is -0.139. The largest absolute Gasteiger partial charge is 0.419 e. The number of nitrogens with one attached hydrogen (secondary N) is 2. The van der Waals surface area contributed by atoms with Crippen molar-refractivity contribution in [3.63, 3.8) is 0 Å². The van der Waals surface area contributed by atoms with Crippen LogP contribution in [0.25, 0.3) is 0 Å². The number of aromatic amines is 1. The molecule has 190 valence electrons. The highest BCUT2D eigenvalue weighted by Gasteiger charge is 2.38. The van der Waals surface area contributed by atoms with Crippen molar-refractivity contribution in [2.75, 3.05) is 36.5 Å². The van der Waals surface area contributed by atoms with E-state index >= 15 is 0 Å². The summed E-state index contributed by atoms with van der Waals surface area (Å²) in [5.74, 6) is 0.203. The molecule has 0 radical (unpaired) electrons. The molecule has 2 aliphatic heterocycles. The zero-order valence-electron chi connectivity index (χ0n) is 18.9. The normalized spacial score (nSPS) is 20.4. The summed E-state index contributed by atoms with van der Waals surface area (Å²) in [5, 5.41) is 9.22. The third-order valence-electron chi connectivity index (χ3n) is 6.09. The smallest absolute Gasteiger partial charge is 0.378 e. The minimum Gasteiger partial charge on any atom is -0.378 e. The maximum atomic E-state index is 12.9. The number of halogens is 4. The van der Waals surface area contributed by atoms with E-state index < -0.39 is 17.8 Å². The third kappa shape index (κ3) is 5.92. The van der Waals surface area contributed by atoms with Crippen LogP contribution in [-0.4, -0.2) is 75.4 Å². The molecule has 0 spiro atoms. The molecule has 2 atom stereocenters. The molecule has 2 aromatic rings. The van der Waals surface area contributed by atoms with E-state index in [1.165, 1.54) is 6.20 Å². The maximum Gasteiger partial charge on any atom is 0.419 e. The Morgan fingerprint density at radius 2 is 1.86 bits per heavy atom. The van der Waals surface area contributed by atoms with Gasteiger partial charge in [-0.25, -0.2) is 15.1 Å². The predicted octanol–water partition coefficient (Wildman–Crippen LogP) is 2.43. The van der Waals surface area contributed by atoms with Gasteiger partial charge in [-0.3, -0.25) is 9.59 Å². The highest BCUT2D eigenvalue weighted by atomic mass is 79.9. The number of carbonyl (C=O) groups is 1. The zero-order chi connectivity index (χ0) is 25.2. The van der Waals surface area contributed by atoms with Crippen LogP contribution in [0.15, 0.2) is 27.9 Å². The van der Waals surface area contributed by atoms with Gasteiger partial charge in [-0.05, 0) is 35.7 Å². The molecule has 10 nitrogen and oxygen atoms in total. The van der Waals surface area contributed by atoms with Crippen LogP contribution < -0.4 is 15.8 Å². The second-order valence-corrected chi connectivity index (χ2v) is 9.40. The Bertz CT molecular complexity index is 1090. The van der Waals surface area contributed by atoms with Crippen LogP contribution in [0.1, 0.15) is 31.7 Å². The average molecular weight is 560 g/mol. The van der Waals surface area contributed by atoms with Gasteiger partial charge < -0.3 is 19.9 Å². The second-order valence-electron chi connectivity index (χ2n) is 8.60. The van der Waals surface area contributed by atoms with Crippen molar-refractivity contribution >= 4 is 33.5 Å². The molecule has 1 amide bonds. The van der Waals surface area contributed by atoms with Crippen LogP contribution in [0, 0.1) is 0 Å². The Labute approximate surface area is 207 Å². The monoisotopic (exact) mass is 559 g/mol. The minimum absolute atomic E-state index is 0.0374. The van der Waals surface area contributed by atoms with Gasteiger partial charge in [0.25, 0.3) is 11.5 Å². The van der Waals surface area contributed by atoms with Gasteiger partial charge in [-0.2, -0.15) is 18.3 Å². The van der Waals surface area contributed by atoms with Gasteiger partial charge in [0.15, 0.2) is 0 Å². The van der Waals surface area contributed by atoms with E-state index in [1.54, 1.807) is 0 Å². The molecule has 2 unspecified atom stereocenters. The predicted molar refractivity (Wildman–Crippen MR) is 124 cm³/mol. The fourth-order valence-corrected chi connectivity index (χ4v) is 4.56. The number of nitrogens with zero attached hydrogens (tertiary/aromatic N) is 5. The Balaban J connectivity index is 1.24. The molecule has 4 heterocycles. The number of alkyl halides is 3.